The van der Waals surface area contributed by atoms with Gasteiger partial charge in [0, 0.05) is 31.6 Å². The minimum atomic E-state index is 0.845. The zero-order valence-corrected chi connectivity index (χ0v) is 8.57. The Hall–Kier alpha value is -1.39. The molecule has 2 aromatic rings. The Morgan fingerprint density at radius 1 is 1.00 bits per heavy atom. The Morgan fingerprint density at radius 3 is 2.27 bits per heavy atom. The molecule has 1 fully saturated rings. The van der Waals surface area contributed by atoms with Crippen LogP contribution >= 0.6 is 0 Å². The molecule has 1 aromatic carbocycles. The predicted molar refractivity (Wildman–Crippen MR) is 59.7 cm³/mol. The van der Waals surface area contributed by atoms with Crippen molar-refractivity contribution in [2.24, 2.45) is 0 Å². The molecule has 0 unspecified atom stereocenters. The van der Waals surface area contributed by atoms with Crippen LogP contribution in [-0.4, -0.2) is 31.3 Å². The number of hydrogen-bond donors (Lipinski definition) is 2. The second kappa shape index (κ2) is 5.48. The summed E-state index contributed by atoms with van der Waals surface area (Å²) < 4.78 is 4.87. The van der Waals surface area contributed by atoms with E-state index in [0.29, 0.717) is 0 Å². The van der Waals surface area contributed by atoms with Gasteiger partial charge in [-0.25, -0.2) is 0 Å². The highest BCUT2D eigenvalue weighted by Gasteiger charge is 1.92. The highest BCUT2D eigenvalue weighted by atomic mass is 16.5. The fraction of sp³-hybridized carbons (Fsp3) is 0.364. The van der Waals surface area contributed by atoms with Crippen molar-refractivity contribution in [3.8, 4) is 0 Å². The van der Waals surface area contributed by atoms with Gasteiger partial charge >= 0.3 is 0 Å². The van der Waals surface area contributed by atoms with Crippen LogP contribution in [0.4, 0.5) is 0 Å². The smallest absolute Gasteiger partial charge is 0.166 e. The van der Waals surface area contributed by atoms with E-state index in [-0.39, 0.29) is 0 Å². The summed E-state index contributed by atoms with van der Waals surface area (Å²) in [7, 11) is 0. The normalized spacial score (nSPS) is 15.7. The van der Waals surface area contributed by atoms with Crippen LogP contribution in [0.2, 0.25) is 0 Å². The molecule has 3 rings (SSSR count). The first kappa shape index (κ1) is 10.1. The predicted octanol–water partition coefficient (Wildman–Crippen LogP) is 1.01. The number of rotatable bonds is 0. The summed E-state index contributed by atoms with van der Waals surface area (Å²) in [5.41, 5.74) is 0.845. The molecule has 0 saturated carbocycles. The van der Waals surface area contributed by atoms with Gasteiger partial charge in [0.1, 0.15) is 0 Å². The lowest BCUT2D eigenvalue weighted by molar-refractivity contribution is 0.456. The van der Waals surface area contributed by atoms with Crippen molar-refractivity contribution in [2.45, 2.75) is 0 Å². The minimum Gasteiger partial charge on any atom is -0.356 e. The lowest BCUT2D eigenvalue weighted by Crippen LogP contribution is -2.39. The van der Waals surface area contributed by atoms with E-state index in [1.807, 2.05) is 24.3 Å². The first-order valence-electron chi connectivity index (χ1n) is 5.18. The number of nitrogens with zero attached hydrogens (tertiary/aromatic N) is 1. The first-order chi connectivity index (χ1) is 7.47. The molecule has 0 amide bonds. The summed E-state index contributed by atoms with van der Waals surface area (Å²) in [6.07, 6.45) is 1.70. The van der Waals surface area contributed by atoms with Crippen LogP contribution in [-0.2, 0) is 0 Å². The maximum atomic E-state index is 4.87. The highest BCUT2D eigenvalue weighted by Crippen LogP contribution is 2.10. The van der Waals surface area contributed by atoms with Gasteiger partial charge in [0.15, 0.2) is 5.58 Å². The number of fused-ring (bicyclic) bond motifs is 1. The second-order valence-electron chi connectivity index (χ2n) is 3.36. The van der Waals surface area contributed by atoms with Crippen LogP contribution in [0, 0.1) is 0 Å². The van der Waals surface area contributed by atoms with E-state index in [1.165, 1.54) is 0 Å². The average molecular weight is 205 g/mol. The molecule has 1 saturated heterocycles. The average Bonchev–Trinajstić information content (AvgIpc) is 2.80. The van der Waals surface area contributed by atoms with Gasteiger partial charge in [0.25, 0.3) is 0 Å². The van der Waals surface area contributed by atoms with E-state index in [9.17, 15) is 0 Å². The molecule has 4 heteroatoms. The molecule has 4 nitrogen and oxygen atoms in total. The van der Waals surface area contributed by atoms with Crippen molar-refractivity contribution in [1.82, 2.24) is 15.8 Å². The number of benzene rings is 1. The maximum absolute atomic E-state index is 4.87. The molecule has 2 heterocycles. The summed E-state index contributed by atoms with van der Waals surface area (Å²) in [6, 6.07) is 7.74. The van der Waals surface area contributed by atoms with Crippen LogP contribution in [0.15, 0.2) is 35.0 Å². The third kappa shape index (κ3) is 3.04. The van der Waals surface area contributed by atoms with E-state index in [1.54, 1.807) is 6.20 Å². The Kier molecular flexibility index (Phi) is 3.70. The number of piperazine rings is 1. The largest absolute Gasteiger partial charge is 0.356 e. The summed E-state index contributed by atoms with van der Waals surface area (Å²) >= 11 is 0. The summed E-state index contributed by atoms with van der Waals surface area (Å²) in [5, 5.41) is 11.1. The molecule has 0 spiro atoms. The lowest BCUT2D eigenvalue weighted by Gasteiger charge is -2.11. The molecule has 1 aliphatic rings. The van der Waals surface area contributed by atoms with Gasteiger partial charge in [0.05, 0.1) is 6.20 Å². The minimum absolute atomic E-state index is 0.845. The molecule has 15 heavy (non-hydrogen) atoms. The fourth-order valence-corrected chi connectivity index (χ4v) is 1.41. The SMILES string of the molecule is C1CNCCN1.c1ccc2oncc2c1. The zero-order valence-electron chi connectivity index (χ0n) is 8.57. The molecule has 1 aromatic heterocycles. The standard InChI is InChI=1S/C7H5NO.C4H10N2/c1-2-4-7-6(3-1)5-8-9-7;1-2-6-4-3-5-1/h1-5H;5-6H,1-4H2. The molecular formula is C11H15N3O. The Labute approximate surface area is 88.6 Å². The Morgan fingerprint density at radius 2 is 1.67 bits per heavy atom. The van der Waals surface area contributed by atoms with Crippen LogP contribution in [0.25, 0.3) is 11.0 Å². The molecular weight excluding hydrogens is 190 g/mol. The van der Waals surface area contributed by atoms with Crippen LogP contribution < -0.4 is 10.6 Å². The van der Waals surface area contributed by atoms with Gasteiger partial charge in [-0.05, 0) is 12.1 Å². The maximum Gasteiger partial charge on any atom is 0.166 e. The van der Waals surface area contributed by atoms with Gasteiger partial charge in [-0.15, -0.1) is 0 Å². The van der Waals surface area contributed by atoms with Gasteiger partial charge in [-0.1, -0.05) is 17.3 Å². The molecule has 0 radical (unpaired) electrons. The van der Waals surface area contributed by atoms with Crippen LogP contribution in [0.3, 0.4) is 0 Å². The molecule has 0 aliphatic carbocycles. The summed E-state index contributed by atoms with van der Waals surface area (Å²) in [4.78, 5) is 0. The number of hydrogen-bond acceptors (Lipinski definition) is 4. The Bertz CT molecular complexity index is 354. The van der Waals surface area contributed by atoms with Crippen molar-refractivity contribution in [3.05, 3.63) is 30.5 Å². The highest BCUT2D eigenvalue weighted by molar-refractivity contribution is 5.75. The van der Waals surface area contributed by atoms with Gasteiger partial charge in [0.2, 0.25) is 0 Å². The van der Waals surface area contributed by atoms with Crippen LogP contribution in [0.5, 0.6) is 0 Å². The lowest BCUT2D eigenvalue weighted by atomic mass is 10.3. The third-order valence-corrected chi connectivity index (χ3v) is 2.22. The third-order valence-electron chi connectivity index (χ3n) is 2.22. The van der Waals surface area contributed by atoms with Crippen molar-refractivity contribution < 1.29 is 4.52 Å². The van der Waals surface area contributed by atoms with Gasteiger partial charge in [-0.2, -0.15) is 0 Å². The monoisotopic (exact) mass is 205 g/mol. The molecule has 2 N–H and O–H groups in total. The van der Waals surface area contributed by atoms with E-state index in [4.69, 9.17) is 4.52 Å². The van der Waals surface area contributed by atoms with E-state index in [0.717, 1.165) is 37.1 Å². The fourth-order valence-electron chi connectivity index (χ4n) is 1.41. The van der Waals surface area contributed by atoms with Crippen molar-refractivity contribution in [3.63, 3.8) is 0 Å². The molecule has 0 bridgehead atoms. The van der Waals surface area contributed by atoms with Crippen LogP contribution in [0.1, 0.15) is 0 Å². The first-order valence-corrected chi connectivity index (χ1v) is 5.18. The Balaban J connectivity index is 0.000000124. The summed E-state index contributed by atoms with van der Waals surface area (Å²) in [5.74, 6) is 0. The summed E-state index contributed by atoms with van der Waals surface area (Å²) in [6.45, 7) is 4.56. The van der Waals surface area contributed by atoms with Crippen molar-refractivity contribution in [2.75, 3.05) is 26.2 Å². The number of nitrogens with one attached hydrogen (secondary N) is 2. The second-order valence-corrected chi connectivity index (χ2v) is 3.36. The van der Waals surface area contributed by atoms with Gasteiger partial charge < -0.3 is 15.2 Å². The quantitative estimate of drug-likeness (QED) is 0.674. The number of aromatic nitrogens is 1. The molecule has 80 valence electrons. The van der Waals surface area contributed by atoms with Crippen molar-refractivity contribution >= 4 is 11.0 Å². The zero-order chi connectivity index (χ0) is 10.3. The van der Waals surface area contributed by atoms with E-state index in [2.05, 4.69) is 15.8 Å². The van der Waals surface area contributed by atoms with E-state index < -0.39 is 0 Å². The van der Waals surface area contributed by atoms with Crippen molar-refractivity contribution in [1.29, 1.82) is 0 Å². The van der Waals surface area contributed by atoms with Gasteiger partial charge in [-0.3, -0.25) is 0 Å². The molecule has 1 aliphatic heterocycles. The number of para-hydroxylation sites is 1. The molecule has 0 atom stereocenters. The topological polar surface area (TPSA) is 50.1 Å². The van der Waals surface area contributed by atoms with E-state index >= 15 is 0 Å².